The smallest absolute Gasteiger partial charge is 0.328 e. The maximum Gasteiger partial charge on any atom is 0.328 e. The SMILES string of the molecule is CC(C)C(C(=O)O)n1cc(-c2ccccc2)nn1. The second kappa shape index (κ2) is 5.00. The van der Waals surface area contributed by atoms with Crippen LogP contribution in [0.2, 0.25) is 0 Å². The Bertz CT molecular complexity index is 534. The molecule has 0 aliphatic heterocycles. The molecule has 1 aromatic heterocycles. The monoisotopic (exact) mass is 245 g/mol. The van der Waals surface area contributed by atoms with Gasteiger partial charge in [0, 0.05) is 5.56 Å². The molecule has 1 N–H and O–H groups in total. The van der Waals surface area contributed by atoms with Gasteiger partial charge >= 0.3 is 5.97 Å². The van der Waals surface area contributed by atoms with Crippen molar-refractivity contribution in [3.8, 4) is 11.3 Å². The van der Waals surface area contributed by atoms with Crippen molar-refractivity contribution in [1.29, 1.82) is 0 Å². The van der Waals surface area contributed by atoms with E-state index in [-0.39, 0.29) is 5.92 Å². The lowest BCUT2D eigenvalue weighted by Gasteiger charge is -2.15. The largest absolute Gasteiger partial charge is 0.480 e. The minimum atomic E-state index is -0.894. The third-order valence-corrected chi connectivity index (χ3v) is 2.75. The predicted octanol–water partition coefficient (Wildman–Crippen LogP) is 2.23. The van der Waals surface area contributed by atoms with Crippen LogP contribution >= 0.6 is 0 Å². The lowest BCUT2D eigenvalue weighted by Crippen LogP contribution is -2.24. The number of nitrogens with zero attached hydrogens (tertiary/aromatic N) is 3. The van der Waals surface area contributed by atoms with Gasteiger partial charge < -0.3 is 5.11 Å². The minimum absolute atomic E-state index is 0.0483. The molecular formula is C13H15N3O2. The van der Waals surface area contributed by atoms with Crippen LogP contribution in [0.25, 0.3) is 11.3 Å². The highest BCUT2D eigenvalue weighted by Gasteiger charge is 2.24. The number of benzene rings is 1. The van der Waals surface area contributed by atoms with Crippen molar-refractivity contribution in [2.24, 2.45) is 5.92 Å². The van der Waals surface area contributed by atoms with E-state index in [0.717, 1.165) is 5.56 Å². The number of carboxylic acid groups (broad SMARTS) is 1. The van der Waals surface area contributed by atoms with Crippen LogP contribution in [-0.4, -0.2) is 26.1 Å². The second-order valence-electron chi connectivity index (χ2n) is 4.48. The molecule has 0 spiro atoms. The maximum atomic E-state index is 11.2. The van der Waals surface area contributed by atoms with E-state index in [1.807, 2.05) is 44.2 Å². The lowest BCUT2D eigenvalue weighted by atomic mass is 10.1. The van der Waals surface area contributed by atoms with E-state index in [1.54, 1.807) is 6.20 Å². The van der Waals surface area contributed by atoms with Gasteiger partial charge in [0.15, 0.2) is 6.04 Å². The number of hydrogen-bond donors (Lipinski definition) is 1. The summed E-state index contributed by atoms with van der Waals surface area (Å²) in [5.41, 5.74) is 1.61. The zero-order chi connectivity index (χ0) is 13.1. The zero-order valence-corrected chi connectivity index (χ0v) is 10.3. The third kappa shape index (κ3) is 2.40. The van der Waals surface area contributed by atoms with Gasteiger partial charge in [0.05, 0.1) is 6.20 Å². The van der Waals surface area contributed by atoms with Gasteiger partial charge in [-0.15, -0.1) is 5.10 Å². The van der Waals surface area contributed by atoms with E-state index in [9.17, 15) is 9.90 Å². The zero-order valence-electron chi connectivity index (χ0n) is 10.3. The molecule has 1 unspecified atom stereocenters. The van der Waals surface area contributed by atoms with Crippen molar-refractivity contribution < 1.29 is 9.90 Å². The molecule has 1 heterocycles. The summed E-state index contributed by atoms with van der Waals surface area (Å²) in [6, 6.07) is 8.88. The average molecular weight is 245 g/mol. The van der Waals surface area contributed by atoms with Crippen LogP contribution in [0, 0.1) is 5.92 Å². The third-order valence-electron chi connectivity index (χ3n) is 2.75. The Labute approximate surface area is 105 Å². The highest BCUT2D eigenvalue weighted by molar-refractivity contribution is 5.72. The highest BCUT2D eigenvalue weighted by Crippen LogP contribution is 2.21. The molecule has 18 heavy (non-hydrogen) atoms. The molecule has 0 aliphatic carbocycles. The van der Waals surface area contributed by atoms with Crippen molar-refractivity contribution >= 4 is 5.97 Å². The first kappa shape index (κ1) is 12.3. The molecule has 2 aromatic rings. The molecule has 0 saturated carbocycles. The normalized spacial score (nSPS) is 12.6. The Kier molecular flexibility index (Phi) is 3.41. The van der Waals surface area contributed by atoms with E-state index in [2.05, 4.69) is 10.3 Å². The summed E-state index contributed by atoms with van der Waals surface area (Å²) in [7, 11) is 0. The van der Waals surface area contributed by atoms with Crippen molar-refractivity contribution in [3.05, 3.63) is 36.5 Å². The van der Waals surface area contributed by atoms with Crippen LogP contribution in [0.1, 0.15) is 19.9 Å². The van der Waals surface area contributed by atoms with Crippen LogP contribution in [0.15, 0.2) is 36.5 Å². The molecule has 0 radical (unpaired) electrons. The predicted molar refractivity (Wildman–Crippen MR) is 67.0 cm³/mol. The van der Waals surface area contributed by atoms with Crippen molar-refractivity contribution in [3.63, 3.8) is 0 Å². The fourth-order valence-electron chi connectivity index (χ4n) is 1.86. The van der Waals surface area contributed by atoms with Crippen molar-refractivity contribution in [2.45, 2.75) is 19.9 Å². The van der Waals surface area contributed by atoms with Gasteiger partial charge in [0.1, 0.15) is 5.69 Å². The average Bonchev–Trinajstić information content (AvgIpc) is 2.78. The number of carboxylic acids is 1. The second-order valence-corrected chi connectivity index (χ2v) is 4.48. The summed E-state index contributed by atoms with van der Waals surface area (Å²) in [6.07, 6.45) is 1.67. The Balaban J connectivity index is 2.33. The van der Waals surface area contributed by atoms with E-state index in [1.165, 1.54) is 4.68 Å². The van der Waals surface area contributed by atoms with Gasteiger partial charge in [0.2, 0.25) is 0 Å². The molecule has 5 nitrogen and oxygen atoms in total. The van der Waals surface area contributed by atoms with Gasteiger partial charge in [0.25, 0.3) is 0 Å². The number of rotatable bonds is 4. The molecule has 0 aliphatic rings. The van der Waals surface area contributed by atoms with E-state index < -0.39 is 12.0 Å². The summed E-state index contributed by atoms with van der Waals surface area (Å²) in [6.45, 7) is 3.70. The first-order valence-electron chi connectivity index (χ1n) is 5.79. The molecule has 0 amide bonds. The summed E-state index contributed by atoms with van der Waals surface area (Å²) in [5.74, 6) is -0.942. The Hall–Kier alpha value is -2.17. The number of carbonyl (C=O) groups is 1. The molecule has 5 heteroatoms. The molecule has 1 aromatic carbocycles. The van der Waals surface area contributed by atoms with Gasteiger partial charge in [-0.2, -0.15) is 0 Å². The highest BCUT2D eigenvalue weighted by atomic mass is 16.4. The number of aromatic nitrogens is 3. The molecule has 0 saturated heterocycles. The first-order valence-corrected chi connectivity index (χ1v) is 5.79. The number of hydrogen-bond acceptors (Lipinski definition) is 3. The molecule has 1 atom stereocenters. The van der Waals surface area contributed by atoms with Gasteiger partial charge in [-0.25, -0.2) is 9.48 Å². The number of aliphatic carboxylic acids is 1. The summed E-state index contributed by atoms with van der Waals surface area (Å²) < 4.78 is 1.41. The lowest BCUT2D eigenvalue weighted by molar-refractivity contribution is -0.142. The molecule has 0 fully saturated rings. The summed E-state index contributed by atoms with van der Waals surface area (Å²) in [4.78, 5) is 11.2. The van der Waals surface area contributed by atoms with Crippen molar-refractivity contribution in [2.75, 3.05) is 0 Å². The van der Waals surface area contributed by atoms with Crippen molar-refractivity contribution in [1.82, 2.24) is 15.0 Å². The fourth-order valence-corrected chi connectivity index (χ4v) is 1.86. The minimum Gasteiger partial charge on any atom is -0.480 e. The fraction of sp³-hybridized carbons (Fsp3) is 0.308. The van der Waals surface area contributed by atoms with Crippen LogP contribution in [0.3, 0.4) is 0 Å². The van der Waals surface area contributed by atoms with Crippen LogP contribution in [0.4, 0.5) is 0 Å². The molecular weight excluding hydrogens is 230 g/mol. The molecule has 0 bridgehead atoms. The Morgan fingerprint density at radius 3 is 2.50 bits per heavy atom. The topological polar surface area (TPSA) is 68.0 Å². The first-order chi connectivity index (χ1) is 8.59. The van der Waals surface area contributed by atoms with Gasteiger partial charge in [-0.05, 0) is 5.92 Å². The van der Waals surface area contributed by atoms with E-state index in [4.69, 9.17) is 0 Å². The van der Waals surface area contributed by atoms with Crippen LogP contribution in [-0.2, 0) is 4.79 Å². The Morgan fingerprint density at radius 1 is 1.28 bits per heavy atom. The molecule has 2 rings (SSSR count). The van der Waals surface area contributed by atoms with Gasteiger partial charge in [-0.1, -0.05) is 49.4 Å². The van der Waals surface area contributed by atoms with Gasteiger partial charge in [-0.3, -0.25) is 0 Å². The molecule has 94 valence electrons. The maximum absolute atomic E-state index is 11.2. The Morgan fingerprint density at radius 2 is 1.94 bits per heavy atom. The van der Waals surface area contributed by atoms with E-state index >= 15 is 0 Å². The van der Waals surface area contributed by atoms with Crippen LogP contribution < -0.4 is 0 Å². The van der Waals surface area contributed by atoms with E-state index in [0.29, 0.717) is 5.69 Å². The van der Waals surface area contributed by atoms with Crippen LogP contribution in [0.5, 0.6) is 0 Å². The standard InChI is InChI=1S/C13H15N3O2/c1-9(2)12(13(17)18)16-8-11(14-15-16)10-6-4-3-5-7-10/h3-9,12H,1-2H3,(H,17,18). The summed E-state index contributed by atoms with van der Waals surface area (Å²) >= 11 is 0. The quantitative estimate of drug-likeness (QED) is 0.896. The summed E-state index contributed by atoms with van der Waals surface area (Å²) in [5, 5.41) is 17.1.